The Labute approximate surface area is 167 Å². The summed E-state index contributed by atoms with van der Waals surface area (Å²) in [7, 11) is 0. The van der Waals surface area contributed by atoms with Crippen molar-refractivity contribution in [3.05, 3.63) is 72.8 Å². The lowest BCUT2D eigenvalue weighted by atomic mass is 9.90. The van der Waals surface area contributed by atoms with E-state index < -0.39 is 18.5 Å². The maximum absolute atomic E-state index is 8.91. The summed E-state index contributed by atoms with van der Waals surface area (Å²) in [5.41, 5.74) is 0. The Bertz CT molecular complexity index is 1130. The summed E-state index contributed by atoms with van der Waals surface area (Å²) in [5, 5.41) is 37.0. The fourth-order valence-corrected chi connectivity index (χ4v) is 4.45. The third-order valence-electron chi connectivity index (χ3n) is 5.77. The summed E-state index contributed by atoms with van der Waals surface area (Å²) >= 11 is 0. The molecule has 29 heavy (non-hydrogen) atoms. The third kappa shape index (κ3) is 3.02. The molecule has 0 spiro atoms. The summed E-state index contributed by atoms with van der Waals surface area (Å²) in [6.45, 7) is -0.238. The molecule has 1 saturated heterocycles. The zero-order valence-electron chi connectivity index (χ0n) is 15.8. The molecule has 1 aliphatic rings. The van der Waals surface area contributed by atoms with E-state index in [1.54, 1.807) is 0 Å². The van der Waals surface area contributed by atoms with Crippen LogP contribution in [0.25, 0.3) is 43.1 Å². The molecule has 5 aromatic carbocycles. The molecule has 146 valence electrons. The van der Waals surface area contributed by atoms with Gasteiger partial charge >= 0.3 is 0 Å². The van der Waals surface area contributed by atoms with Crippen molar-refractivity contribution in [1.82, 2.24) is 0 Å². The predicted molar refractivity (Wildman–Crippen MR) is 116 cm³/mol. The van der Waals surface area contributed by atoms with E-state index >= 15 is 0 Å². The van der Waals surface area contributed by atoms with Crippen molar-refractivity contribution in [3.8, 4) is 0 Å². The topological polar surface area (TPSA) is 69.9 Å². The number of rotatable bonds is 1. The van der Waals surface area contributed by atoms with E-state index in [0.29, 0.717) is 0 Å². The number of hydrogen-bond donors (Lipinski definition) is 3. The van der Waals surface area contributed by atoms with E-state index in [4.69, 9.17) is 15.3 Å². The quantitative estimate of drug-likeness (QED) is 0.299. The molecule has 5 aromatic rings. The number of aliphatic hydroxyl groups is 3. The smallest absolute Gasteiger partial charge is 0.157 e. The van der Waals surface area contributed by atoms with Gasteiger partial charge in [0.1, 0.15) is 6.10 Å². The van der Waals surface area contributed by atoms with E-state index in [0.717, 1.165) is 0 Å². The van der Waals surface area contributed by atoms with Gasteiger partial charge in [-0.05, 0) is 43.1 Å². The normalized spacial score (nSPS) is 21.8. The van der Waals surface area contributed by atoms with Crippen LogP contribution >= 0.6 is 0 Å². The zero-order valence-corrected chi connectivity index (χ0v) is 15.8. The maximum atomic E-state index is 8.91. The number of benzene rings is 5. The highest BCUT2D eigenvalue weighted by Crippen LogP contribution is 2.39. The molecular formula is C25H22O4. The maximum Gasteiger partial charge on any atom is 0.157 e. The lowest BCUT2D eigenvalue weighted by molar-refractivity contribution is -0.107. The van der Waals surface area contributed by atoms with Gasteiger partial charge in [0, 0.05) is 6.42 Å². The summed E-state index contributed by atoms with van der Waals surface area (Å²) in [6, 6.07) is 26.4. The molecule has 0 radical (unpaired) electrons. The van der Waals surface area contributed by atoms with Gasteiger partial charge in [-0.3, -0.25) is 0 Å². The van der Waals surface area contributed by atoms with E-state index in [1.165, 1.54) is 43.1 Å². The second-order valence-corrected chi connectivity index (χ2v) is 7.53. The summed E-state index contributed by atoms with van der Waals surface area (Å²) in [4.78, 5) is 0. The number of ether oxygens (including phenoxy) is 1. The summed E-state index contributed by atoms with van der Waals surface area (Å²) < 4.78 is 4.68. The highest BCUT2D eigenvalue weighted by atomic mass is 16.6. The molecule has 1 aliphatic heterocycles. The van der Waals surface area contributed by atoms with Gasteiger partial charge in [-0.1, -0.05) is 72.8 Å². The molecule has 0 saturated carbocycles. The highest BCUT2D eigenvalue weighted by molar-refractivity contribution is 6.32. The first kappa shape index (κ1) is 18.3. The number of aliphatic hydroxyl groups excluding tert-OH is 3. The number of fused-ring (bicyclic) bond motifs is 2. The molecule has 1 fully saturated rings. The summed E-state index contributed by atoms with van der Waals surface area (Å²) in [6.07, 6.45) is -2.02. The van der Waals surface area contributed by atoms with Crippen LogP contribution in [0, 0.1) is 0 Å². The van der Waals surface area contributed by atoms with Gasteiger partial charge < -0.3 is 20.1 Å². The molecule has 0 aliphatic carbocycles. The van der Waals surface area contributed by atoms with Crippen molar-refractivity contribution in [1.29, 1.82) is 0 Å². The van der Waals surface area contributed by atoms with Gasteiger partial charge in [0.15, 0.2) is 6.29 Å². The molecule has 3 N–H and O–H groups in total. The third-order valence-corrected chi connectivity index (χ3v) is 5.77. The van der Waals surface area contributed by atoms with Gasteiger partial charge in [-0.2, -0.15) is 0 Å². The minimum atomic E-state index is -0.905. The van der Waals surface area contributed by atoms with Crippen molar-refractivity contribution < 1.29 is 20.1 Å². The predicted octanol–water partition coefficient (Wildman–Crippen LogP) is 4.18. The monoisotopic (exact) mass is 386 g/mol. The fourth-order valence-electron chi connectivity index (χ4n) is 4.45. The molecule has 0 aromatic heterocycles. The average molecular weight is 386 g/mol. The minimum Gasteiger partial charge on any atom is -0.394 e. The van der Waals surface area contributed by atoms with Crippen molar-refractivity contribution in [2.45, 2.75) is 24.9 Å². The average Bonchev–Trinajstić information content (AvgIpc) is 3.09. The summed E-state index contributed by atoms with van der Waals surface area (Å²) in [5.74, 6) is 0. The Hall–Kier alpha value is -2.76. The minimum absolute atomic E-state index is 0.200. The number of hydrogen-bond acceptors (Lipinski definition) is 4. The van der Waals surface area contributed by atoms with Gasteiger partial charge in [-0.25, -0.2) is 0 Å². The van der Waals surface area contributed by atoms with Crippen LogP contribution in [0.4, 0.5) is 0 Å². The van der Waals surface area contributed by atoms with E-state index in [2.05, 4.69) is 77.5 Å². The van der Waals surface area contributed by atoms with Crippen molar-refractivity contribution in [3.63, 3.8) is 0 Å². The van der Waals surface area contributed by atoms with Crippen LogP contribution in [0.5, 0.6) is 0 Å². The Morgan fingerprint density at radius 3 is 1.38 bits per heavy atom. The van der Waals surface area contributed by atoms with Gasteiger partial charge in [0.2, 0.25) is 0 Å². The zero-order chi connectivity index (χ0) is 20.0. The molecule has 0 bridgehead atoms. The molecule has 1 heterocycles. The Morgan fingerprint density at radius 2 is 1.10 bits per heavy atom. The van der Waals surface area contributed by atoms with Crippen LogP contribution in [0.1, 0.15) is 6.42 Å². The standard InChI is InChI=1S/C20H12.C5H10O4/c1-5-13-6-2-11-17-18-12-4-8-14-7-3-10-16(20(14)18)15(9-1)19(13)17;6-2-4-3(7)1-5(8)9-4/h1-12H;3-8H,1-2H2/t;3-,4+,5?/m.0/s1. The Kier molecular flexibility index (Phi) is 4.57. The van der Waals surface area contributed by atoms with Crippen LogP contribution in [0.3, 0.4) is 0 Å². The highest BCUT2D eigenvalue weighted by Gasteiger charge is 2.31. The van der Waals surface area contributed by atoms with E-state index in [-0.39, 0.29) is 13.0 Å². The molecule has 4 nitrogen and oxygen atoms in total. The molecule has 0 amide bonds. The van der Waals surface area contributed by atoms with Crippen LogP contribution in [-0.2, 0) is 4.74 Å². The second kappa shape index (κ2) is 7.25. The van der Waals surface area contributed by atoms with E-state index in [9.17, 15) is 0 Å². The first-order valence-corrected chi connectivity index (χ1v) is 9.84. The molecule has 3 atom stereocenters. The first-order valence-electron chi connectivity index (χ1n) is 9.84. The molecule has 6 rings (SSSR count). The largest absolute Gasteiger partial charge is 0.394 e. The van der Waals surface area contributed by atoms with Gasteiger partial charge in [-0.15, -0.1) is 0 Å². The van der Waals surface area contributed by atoms with Crippen LogP contribution in [-0.4, -0.2) is 40.4 Å². The van der Waals surface area contributed by atoms with Crippen LogP contribution < -0.4 is 0 Å². The Balaban J connectivity index is 0.000000171. The van der Waals surface area contributed by atoms with Crippen molar-refractivity contribution in [2.24, 2.45) is 0 Å². The lowest BCUT2D eigenvalue weighted by Crippen LogP contribution is -2.24. The fraction of sp³-hybridized carbons (Fsp3) is 0.200. The Morgan fingerprint density at radius 1 is 0.690 bits per heavy atom. The van der Waals surface area contributed by atoms with Gasteiger partial charge in [0.05, 0.1) is 12.7 Å². The van der Waals surface area contributed by atoms with Crippen LogP contribution in [0.2, 0.25) is 0 Å². The van der Waals surface area contributed by atoms with Gasteiger partial charge in [0.25, 0.3) is 0 Å². The lowest BCUT2D eigenvalue weighted by Gasteiger charge is -2.13. The van der Waals surface area contributed by atoms with Crippen molar-refractivity contribution >= 4 is 43.1 Å². The van der Waals surface area contributed by atoms with E-state index in [1.807, 2.05) is 0 Å². The molecular weight excluding hydrogens is 364 g/mol. The molecule has 4 heteroatoms. The first-order chi connectivity index (χ1) is 14.2. The van der Waals surface area contributed by atoms with Crippen molar-refractivity contribution in [2.75, 3.05) is 6.61 Å². The van der Waals surface area contributed by atoms with Crippen LogP contribution in [0.15, 0.2) is 72.8 Å². The molecule has 1 unspecified atom stereocenters. The second-order valence-electron chi connectivity index (χ2n) is 7.53. The SMILES string of the molecule is OC[C@H]1OC(O)C[C@@H]1O.c1cc2cccc3c4cccc5cccc(c(c1)c23)c54.